The average molecular weight is 314 g/mol. The van der Waals surface area contributed by atoms with Crippen LogP contribution >= 0.6 is 11.6 Å². The van der Waals surface area contributed by atoms with Crippen molar-refractivity contribution in [2.45, 2.75) is 13.0 Å². The lowest BCUT2D eigenvalue weighted by molar-refractivity contribution is 0.307. The summed E-state index contributed by atoms with van der Waals surface area (Å²) in [6.45, 7) is 1.61. The fourth-order valence-corrected chi connectivity index (χ4v) is 2.91. The van der Waals surface area contributed by atoms with E-state index >= 15 is 0 Å². The van der Waals surface area contributed by atoms with Crippen molar-refractivity contribution in [3.8, 4) is 5.75 Å². The smallest absolute Gasteiger partial charge is 0.127 e. The maximum Gasteiger partial charge on any atom is 0.127 e. The van der Waals surface area contributed by atoms with E-state index in [1.54, 1.807) is 0 Å². The van der Waals surface area contributed by atoms with Gasteiger partial charge >= 0.3 is 0 Å². The average Bonchev–Trinajstić information content (AvgIpc) is 2.65. The van der Waals surface area contributed by atoms with Crippen LogP contribution in [0.3, 0.4) is 0 Å². The van der Waals surface area contributed by atoms with Crippen LogP contribution < -0.4 is 4.74 Å². The van der Waals surface area contributed by atoms with Crippen molar-refractivity contribution in [1.82, 2.24) is 4.90 Å². The Bertz CT molecular complexity index is 706. The molecule has 114 valence electrons. The van der Waals surface area contributed by atoms with Crippen LogP contribution in [-0.2, 0) is 6.61 Å². The molecule has 0 radical (unpaired) electrons. The summed E-state index contributed by atoms with van der Waals surface area (Å²) >= 11 is 6.22. The van der Waals surface area contributed by atoms with Crippen molar-refractivity contribution >= 4 is 17.2 Å². The molecule has 0 saturated heterocycles. The summed E-state index contributed by atoms with van der Waals surface area (Å²) in [5.74, 6) is 0.900. The molecule has 0 aliphatic carbocycles. The van der Waals surface area contributed by atoms with Crippen LogP contribution in [-0.4, -0.2) is 25.5 Å². The zero-order valence-electron chi connectivity index (χ0n) is 13.0. The summed E-state index contributed by atoms with van der Waals surface area (Å²) in [5, 5.41) is 0.736. The number of benzene rings is 2. The van der Waals surface area contributed by atoms with Crippen LogP contribution in [0.25, 0.3) is 5.57 Å². The van der Waals surface area contributed by atoms with Crippen LogP contribution in [0, 0.1) is 0 Å². The summed E-state index contributed by atoms with van der Waals surface area (Å²) in [6.07, 6.45) is 3.28. The Labute approximate surface area is 137 Å². The molecule has 2 nitrogen and oxygen atoms in total. The van der Waals surface area contributed by atoms with Crippen molar-refractivity contribution in [2.75, 3.05) is 20.6 Å². The lowest BCUT2D eigenvalue weighted by Gasteiger charge is -2.12. The first-order valence-corrected chi connectivity index (χ1v) is 7.89. The van der Waals surface area contributed by atoms with Gasteiger partial charge in [-0.05, 0) is 55.4 Å². The molecule has 22 heavy (non-hydrogen) atoms. The maximum atomic E-state index is 6.22. The zero-order chi connectivity index (χ0) is 15.5. The molecule has 0 saturated carbocycles. The first kappa shape index (κ1) is 15.1. The van der Waals surface area contributed by atoms with Gasteiger partial charge in [0.2, 0.25) is 0 Å². The highest BCUT2D eigenvalue weighted by atomic mass is 35.5. The van der Waals surface area contributed by atoms with Crippen LogP contribution in [0.2, 0.25) is 5.02 Å². The monoisotopic (exact) mass is 313 g/mol. The quantitative estimate of drug-likeness (QED) is 0.820. The van der Waals surface area contributed by atoms with Gasteiger partial charge in [0.05, 0.1) is 0 Å². The summed E-state index contributed by atoms with van der Waals surface area (Å²) in [4.78, 5) is 2.19. The van der Waals surface area contributed by atoms with E-state index in [1.165, 1.54) is 16.7 Å². The third kappa shape index (κ3) is 3.18. The molecule has 1 aliphatic rings. The molecule has 0 aromatic heterocycles. The summed E-state index contributed by atoms with van der Waals surface area (Å²) in [7, 11) is 4.18. The minimum Gasteiger partial charge on any atom is -0.488 e. The topological polar surface area (TPSA) is 12.5 Å². The van der Waals surface area contributed by atoms with Gasteiger partial charge in [-0.15, -0.1) is 0 Å². The Hall–Kier alpha value is -1.77. The Morgan fingerprint density at radius 2 is 1.95 bits per heavy atom. The number of fused-ring (bicyclic) bond motifs is 2. The third-order valence-electron chi connectivity index (χ3n) is 3.85. The zero-order valence-corrected chi connectivity index (χ0v) is 13.7. The lowest BCUT2D eigenvalue weighted by Crippen LogP contribution is -2.12. The normalized spacial score (nSPS) is 15.2. The Morgan fingerprint density at radius 1 is 1.14 bits per heavy atom. The second-order valence-corrected chi connectivity index (χ2v) is 6.23. The molecule has 2 aromatic carbocycles. The van der Waals surface area contributed by atoms with E-state index in [4.69, 9.17) is 16.3 Å². The van der Waals surface area contributed by atoms with E-state index in [2.05, 4.69) is 49.3 Å². The number of halogens is 1. The van der Waals surface area contributed by atoms with E-state index in [0.29, 0.717) is 6.61 Å². The van der Waals surface area contributed by atoms with Gasteiger partial charge in [0.1, 0.15) is 12.4 Å². The van der Waals surface area contributed by atoms with E-state index in [9.17, 15) is 0 Å². The molecule has 0 spiro atoms. The van der Waals surface area contributed by atoms with Gasteiger partial charge in [0.25, 0.3) is 0 Å². The first-order chi connectivity index (χ1) is 10.6. The fraction of sp³-hybridized carbons (Fsp3) is 0.263. The summed E-state index contributed by atoms with van der Waals surface area (Å²) < 4.78 is 5.98. The second-order valence-electron chi connectivity index (χ2n) is 5.80. The number of nitrogens with zero attached hydrogens (tertiary/aromatic N) is 1. The van der Waals surface area contributed by atoms with Gasteiger partial charge in [0, 0.05) is 17.1 Å². The van der Waals surface area contributed by atoms with E-state index in [0.717, 1.165) is 29.3 Å². The molecule has 0 bridgehead atoms. The molecule has 1 heterocycles. The van der Waals surface area contributed by atoms with Gasteiger partial charge in [-0.3, -0.25) is 0 Å². The van der Waals surface area contributed by atoms with Crippen LogP contribution in [0.15, 0.2) is 48.5 Å². The largest absolute Gasteiger partial charge is 0.488 e. The second kappa shape index (κ2) is 6.55. The molecule has 2 aromatic rings. The SMILES string of the molecule is CN(C)CC/C=C1/c2ccccc2COc2ccc(Cl)cc21. The molecular formula is C19H20ClNO. The van der Waals surface area contributed by atoms with Crippen molar-refractivity contribution in [1.29, 1.82) is 0 Å². The predicted octanol–water partition coefficient (Wildman–Crippen LogP) is 4.62. The van der Waals surface area contributed by atoms with Crippen molar-refractivity contribution in [3.05, 3.63) is 70.3 Å². The summed E-state index contributed by atoms with van der Waals surface area (Å²) in [5.41, 5.74) is 4.75. The highest BCUT2D eigenvalue weighted by Gasteiger charge is 2.18. The van der Waals surface area contributed by atoms with Gasteiger partial charge in [-0.1, -0.05) is 41.9 Å². The van der Waals surface area contributed by atoms with Gasteiger partial charge in [-0.2, -0.15) is 0 Å². The lowest BCUT2D eigenvalue weighted by atomic mass is 9.93. The predicted molar refractivity (Wildman–Crippen MR) is 92.5 cm³/mol. The van der Waals surface area contributed by atoms with E-state index in [-0.39, 0.29) is 0 Å². The molecule has 0 N–H and O–H groups in total. The Kier molecular flexibility index (Phi) is 4.51. The number of rotatable bonds is 3. The summed E-state index contributed by atoms with van der Waals surface area (Å²) in [6, 6.07) is 14.3. The Morgan fingerprint density at radius 3 is 2.77 bits per heavy atom. The van der Waals surface area contributed by atoms with Crippen LogP contribution in [0.4, 0.5) is 0 Å². The minimum atomic E-state index is 0.593. The third-order valence-corrected chi connectivity index (χ3v) is 4.08. The van der Waals surface area contributed by atoms with Gasteiger partial charge in [0.15, 0.2) is 0 Å². The maximum absolute atomic E-state index is 6.22. The van der Waals surface area contributed by atoms with E-state index in [1.807, 2.05) is 18.2 Å². The molecule has 0 unspecified atom stereocenters. The van der Waals surface area contributed by atoms with Crippen LogP contribution in [0.5, 0.6) is 5.75 Å². The molecular weight excluding hydrogens is 294 g/mol. The van der Waals surface area contributed by atoms with Crippen molar-refractivity contribution < 1.29 is 4.74 Å². The van der Waals surface area contributed by atoms with Gasteiger partial charge < -0.3 is 9.64 Å². The number of ether oxygens (including phenoxy) is 1. The molecule has 1 aliphatic heterocycles. The molecule has 3 rings (SSSR count). The molecule has 0 fully saturated rings. The standard InChI is InChI=1S/C19H20ClNO/c1-21(2)11-5-8-17-16-7-4-3-6-14(16)13-22-19-10-9-15(20)12-18(17)19/h3-4,6-10,12H,5,11,13H2,1-2H3/b17-8-. The highest BCUT2D eigenvalue weighted by Crippen LogP contribution is 2.38. The van der Waals surface area contributed by atoms with Gasteiger partial charge in [-0.25, -0.2) is 0 Å². The Balaban J connectivity index is 2.10. The van der Waals surface area contributed by atoms with Crippen molar-refractivity contribution in [3.63, 3.8) is 0 Å². The first-order valence-electron chi connectivity index (χ1n) is 7.51. The molecule has 3 heteroatoms. The number of hydrogen-bond acceptors (Lipinski definition) is 2. The highest BCUT2D eigenvalue weighted by molar-refractivity contribution is 6.30. The molecule has 0 amide bonds. The minimum absolute atomic E-state index is 0.593. The molecule has 0 atom stereocenters. The van der Waals surface area contributed by atoms with E-state index < -0.39 is 0 Å². The van der Waals surface area contributed by atoms with Crippen LogP contribution in [0.1, 0.15) is 23.1 Å². The van der Waals surface area contributed by atoms with Crippen molar-refractivity contribution in [2.24, 2.45) is 0 Å². The number of hydrogen-bond donors (Lipinski definition) is 0. The fourth-order valence-electron chi connectivity index (χ4n) is 2.74.